The zero-order valence-corrected chi connectivity index (χ0v) is 4.70. The number of hydrogen-bond donors (Lipinski definition) is 0. The maximum Gasteiger partial charge on any atom is 0.211 e. The Labute approximate surface area is 46.8 Å². The smallest absolute Gasteiger partial charge is 0.211 e. The molecule has 0 atom stereocenters. The van der Waals surface area contributed by atoms with Crippen LogP contribution in [0.25, 0.3) is 0 Å². The van der Waals surface area contributed by atoms with Gasteiger partial charge in [0.05, 0.1) is 0 Å². The molecule has 0 N–H and O–H groups in total. The van der Waals surface area contributed by atoms with Gasteiger partial charge in [0.25, 0.3) is 0 Å². The monoisotopic (exact) mass is 114 g/mol. The van der Waals surface area contributed by atoms with Gasteiger partial charge in [-0.15, -0.1) is 0 Å². The van der Waals surface area contributed by atoms with Crippen LogP contribution in [0.1, 0.15) is 6.42 Å². The predicted octanol–water partition coefficient (Wildman–Crippen LogP) is 1.21. The molecule has 0 saturated heterocycles. The molecule has 0 aromatic carbocycles. The first-order chi connectivity index (χ1) is 3.39. The lowest BCUT2D eigenvalue weighted by atomic mass is 10.4. The summed E-state index contributed by atoms with van der Waals surface area (Å²) >= 11 is 1.39. The lowest BCUT2D eigenvalue weighted by molar-refractivity contribution is -0.107. The van der Waals surface area contributed by atoms with Crippen LogP contribution in [0.3, 0.4) is 0 Å². The molecule has 1 rings (SSSR count). The molecule has 1 heterocycles. The van der Waals surface area contributed by atoms with E-state index in [1.807, 2.05) is 6.08 Å². The summed E-state index contributed by atoms with van der Waals surface area (Å²) in [5, 5.41) is 0.200. The molecule has 0 aromatic heterocycles. The fraction of sp³-hybridized carbons (Fsp3) is 0.400. The van der Waals surface area contributed by atoms with E-state index in [9.17, 15) is 4.79 Å². The van der Waals surface area contributed by atoms with E-state index in [2.05, 4.69) is 0 Å². The highest BCUT2D eigenvalue weighted by molar-refractivity contribution is 8.14. The molecule has 1 nitrogen and oxygen atoms in total. The quantitative estimate of drug-likeness (QED) is 0.471. The van der Waals surface area contributed by atoms with Gasteiger partial charge in [-0.05, 0) is 12.5 Å². The second kappa shape index (κ2) is 2.17. The molecular formula is C5H6OS. The Bertz CT molecular complexity index is 107. The molecule has 0 aromatic rings. The normalized spacial score (nSPS) is 20.3. The van der Waals surface area contributed by atoms with Crippen LogP contribution in [-0.4, -0.2) is 10.9 Å². The van der Waals surface area contributed by atoms with Crippen LogP contribution in [0.4, 0.5) is 0 Å². The average Bonchev–Trinajstić information content (AvgIpc) is 1.69. The summed E-state index contributed by atoms with van der Waals surface area (Å²) in [6.45, 7) is 0. The van der Waals surface area contributed by atoms with E-state index in [0.29, 0.717) is 0 Å². The molecule has 0 bridgehead atoms. The third-order valence-corrected chi connectivity index (χ3v) is 1.64. The molecule has 0 aliphatic carbocycles. The van der Waals surface area contributed by atoms with E-state index in [4.69, 9.17) is 0 Å². The van der Waals surface area contributed by atoms with Crippen molar-refractivity contribution in [2.75, 3.05) is 5.75 Å². The Morgan fingerprint density at radius 3 is 2.86 bits per heavy atom. The first-order valence-electron chi connectivity index (χ1n) is 2.23. The minimum atomic E-state index is 0.200. The number of thioether (sulfide) groups is 1. The second-order valence-electron chi connectivity index (χ2n) is 1.36. The largest absolute Gasteiger partial charge is 0.282 e. The van der Waals surface area contributed by atoms with Gasteiger partial charge < -0.3 is 0 Å². The number of rotatable bonds is 0. The summed E-state index contributed by atoms with van der Waals surface area (Å²) < 4.78 is 0. The molecule has 0 amide bonds. The molecule has 1 aliphatic rings. The molecule has 1 aliphatic heterocycles. The molecule has 0 fully saturated rings. The molecule has 0 saturated carbocycles. The lowest BCUT2D eigenvalue weighted by Gasteiger charge is -1.96. The number of carbonyl (C=O) groups is 1. The van der Waals surface area contributed by atoms with Crippen LogP contribution in [0, 0.1) is 0 Å². The maximum absolute atomic E-state index is 10.3. The van der Waals surface area contributed by atoms with Crippen LogP contribution in [-0.2, 0) is 4.79 Å². The van der Waals surface area contributed by atoms with Crippen molar-refractivity contribution in [2.45, 2.75) is 6.42 Å². The first-order valence-corrected chi connectivity index (χ1v) is 3.21. The van der Waals surface area contributed by atoms with Crippen molar-refractivity contribution in [3.63, 3.8) is 0 Å². The highest BCUT2D eigenvalue weighted by Gasteiger charge is 1.99. The van der Waals surface area contributed by atoms with Gasteiger partial charge in [0.1, 0.15) is 0 Å². The molecule has 0 spiro atoms. The zero-order chi connectivity index (χ0) is 5.11. The summed E-state index contributed by atoms with van der Waals surface area (Å²) in [5.41, 5.74) is 0. The van der Waals surface area contributed by atoms with Crippen molar-refractivity contribution in [3.8, 4) is 0 Å². The maximum atomic E-state index is 10.3. The number of allylic oxidation sites excluding steroid dienone is 1. The van der Waals surface area contributed by atoms with Gasteiger partial charge in [-0.3, -0.25) is 4.79 Å². The van der Waals surface area contributed by atoms with Crippen molar-refractivity contribution >= 4 is 16.9 Å². The number of carbonyl (C=O) groups excluding carboxylic acids is 1. The summed E-state index contributed by atoms with van der Waals surface area (Å²) in [6.07, 6.45) is 4.60. The summed E-state index contributed by atoms with van der Waals surface area (Å²) in [7, 11) is 0. The van der Waals surface area contributed by atoms with E-state index in [-0.39, 0.29) is 5.12 Å². The van der Waals surface area contributed by atoms with Crippen LogP contribution in [0.5, 0.6) is 0 Å². The van der Waals surface area contributed by atoms with E-state index in [1.54, 1.807) is 6.08 Å². The van der Waals surface area contributed by atoms with Gasteiger partial charge in [0.15, 0.2) is 0 Å². The van der Waals surface area contributed by atoms with Crippen LogP contribution >= 0.6 is 11.8 Å². The van der Waals surface area contributed by atoms with Crippen molar-refractivity contribution in [2.24, 2.45) is 0 Å². The Morgan fingerprint density at radius 2 is 2.57 bits per heavy atom. The van der Waals surface area contributed by atoms with Gasteiger partial charge in [-0.2, -0.15) is 0 Å². The van der Waals surface area contributed by atoms with Crippen molar-refractivity contribution in [3.05, 3.63) is 12.2 Å². The minimum absolute atomic E-state index is 0.200. The standard InChI is InChI=1S/C5H6OS/c6-5-3-1-2-4-7-5/h1,3H,2,4H2. The van der Waals surface area contributed by atoms with E-state index in [1.165, 1.54) is 11.8 Å². The van der Waals surface area contributed by atoms with Gasteiger partial charge in [0.2, 0.25) is 5.12 Å². The highest BCUT2D eigenvalue weighted by atomic mass is 32.2. The summed E-state index contributed by atoms with van der Waals surface area (Å²) in [5.74, 6) is 0.968. The van der Waals surface area contributed by atoms with Crippen LogP contribution < -0.4 is 0 Å². The van der Waals surface area contributed by atoms with E-state index >= 15 is 0 Å². The Kier molecular flexibility index (Phi) is 1.52. The van der Waals surface area contributed by atoms with Gasteiger partial charge >= 0.3 is 0 Å². The molecule has 0 radical (unpaired) electrons. The van der Waals surface area contributed by atoms with Crippen molar-refractivity contribution < 1.29 is 4.79 Å². The van der Waals surface area contributed by atoms with E-state index < -0.39 is 0 Å². The average molecular weight is 114 g/mol. The zero-order valence-electron chi connectivity index (χ0n) is 3.89. The second-order valence-corrected chi connectivity index (χ2v) is 2.46. The van der Waals surface area contributed by atoms with Gasteiger partial charge in [-0.1, -0.05) is 17.8 Å². The lowest BCUT2D eigenvalue weighted by Crippen LogP contribution is -1.92. The van der Waals surface area contributed by atoms with Gasteiger partial charge in [0, 0.05) is 5.75 Å². The van der Waals surface area contributed by atoms with Crippen LogP contribution in [0.2, 0.25) is 0 Å². The summed E-state index contributed by atoms with van der Waals surface area (Å²) in [4.78, 5) is 10.3. The van der Waals surface area contributed by atoms with E-state index in [0.717, 1.165) is 12.2 Å². The predicted molar refractivity (Wildman–Crippen MR) is 31.2 cm³/mol. The Hall–Kier alpha value is -0.240. The molecule has 2 heteroatoms. The van der Waals surface area contributed by atoms with Gasteiger partial charge in [-0.25, -0.2) is 0 Å². The third-order valence-electron chi connectivity index (χ3n) is 0.783. The Balaban J connectivity index is 2.51. The summed E-state index contributed by atoms with van der Waals surface area (Å²) in [6, 6.07) is 0. The first kappa shape index (κ1) is 4.91. The molecule has 0 unspecified atom stereocenters. The molecular weight excluding hydrogens is 108 g/mol. The van der Waals surface area contributed by atoms with Crippen molar-refractivity contribution in [1.29, 1.82) is 0 Å². The Morgan fingerprint density at radius 1 is 1.71 bits per heavy atom. The topological polar surface area (TPSA) is 17.1 Å². The SMILES string of the molecule is O=C1C=CCCS1. The third kappa shape index (κ3) is 1.35. The van der Waals surface area contributed by atoms with Crippen LogP contribution in [0.15, 0.2) is 12.2 Å². The molecule has 7 heavy (non-hydrogen) atoms. The van der Waals surface area contributed by atoms with Crippen molar-refractivity contribution in [1.82, 2.24) is 0 Å². The fourth-order valence-electron chi connectivity index (χ4n) is 0.455. The minimum Gasteiger partial charge on any atom is -0.282 e. The molecule has 38 valence electrons. The number of hydrogen-bond acceptors (Lipinski definition) is 2. The fourth-order valence-corrected chi connectivity index (χ4v) is 1.10. The highest BCUT2D eigenvalue weighted by Crippen LogP contribution is 2.10.